The number of hydrogen-bond acceptors (Lipinski definition) is 2. The summed E-state index contributed by atoms with van der Waals surface area (Å²) in [6.45, 7) is 3.66. The van der Waals surface area contributed by atoms with Gasteiger partial charge in [0.05, 0.1) is 7.11 Å². The molecule has 14 heavy (non-hydrogen) atoms. The van der Waals surface area contributed by atoms with Gasteiger partial charge in [-0.15, -0.1) is 0 Å². The van der Waals surface area contributed by atoms with Gasteiger partial charge in [0.15, 0.2) is 0 Å². The zero-order chi connectivity index (χ0) is 10.6. The van der Waals surface area contributed by atoms with Crippen molar-refractivity contribution in [2.75, 3.05) is 7.11 Å². The normalized spacial score (nSPS) is 9.93. The van der Waals surface area contributed by atoms with E-state index in [4.69, 9.17) is 4.74 Å². The van der Waals surface area contributed by atoms with Crippen LogP contribution in [0.2, 0.25) is 0 Å². The number of Topliss-reactive ketones (excluding diaryl/α,β-unsaturated/α-hetero) is 1. The molecule has 0 saturated carbocycles. The van der Waals surface area contributed by atoms with Crippen molar-refractivity contribution >= 4 is 5.78 Å². The Kier molecular flexibility index (Phi) is 3.69. The van der Waals surface area contributed by atoms with Crippen molar-refractivity contribution in [3.05, 3.63) is 29.3 Å². The van der Waals surface area contributed by atoms with E-state index in [0.717, 1.165) is 17.7 Å². The van der Waals surface area contributed by atoms with Crippen molar-refractivity contribution in [3.8, 4) is 5.75 Å². The highest BCUT2D eigenvalue weighted by atomic mass is 16.5. The van der Waals surface area contributed by atoms with Crippen LogP contribution in [0.3, 0.4) is 0 Å². The molecule has 0 aromatic heterocycles. The minimum atomic E-state index is 0.218. The summed E-state index contributed by atoms with van der Waals surface area (Å²) in [6.07, 6.45) is 1.35. The topological polar surface area (TPSA) is 26.3 Å². The molecule has 0 aliphatic rings. The monoisotopic (exact) mass is 192 g/mol. The van der Waals surface area contributed by atoms with Crippen LogP contribution in [-0.4, -0.2) is 12.9 Å². The van der Waals surface area contributed by atoms with Crippen LogP contribution in [0.15, 0.2) is 18.2 Å². The molecule has 0 radical (unpaired) electrons. The lowest BCUT2D eigenvalue weighted by molar-refractivity contribution is -0.116. The summed E-state index contributed by atoms with van der Waals surface area (Å²) in [7, 11) is 1.66. The zero-order valence-electron chi connectivity index (χ0n) is 8.96. The summed E-state index contributed by atoms with van der Waals surface area (Å²) >= 11 is 0. The number of aryl methyl sites for hydroxylation is 1. The van der Waals surface area contributed by atoms with E-state index in [-0.39, 0.29) is 5.78 Å². The molecule has 0 amide bonds. The van der Waals surface area contributed by atoms with Gasteiger partial charge in [0.25, 0.3) is 0 Å². The number of hydrogen-bond donors (Lipinski definition) is 0. The Morgan fingerprint density at radius 3 is 2.71 bits per heavy atom. The highest BCUT2D eigenvalue weighted by molar-refractivity contribution is 5.75. The number of ether oxygens (including phenoxy) is 1. The SMILES string of the molecule is COc1cccc(C)c1CCC(C)=O. The van der Waals surface area contributed by atoms with Crippen LogP contribution in [0.4, 0.5) is 0 Å². The average molecular weight is 192 g/mol. The lowest BCUT2D eigenvalue weighted by Gasteiger charge is -2.10. The first-order valence-corrected chi connectivity index (χ1v) is 4.77. The van der Waals surface area contributed by atoms with Gasteiger partial charge in [-0.3, -0.25) is 0 Å². The molecule has 1 aromatic rings. The standard InChI is InChI=1S/C12H16O2/c1-9-5-4-6-12(14-3)11(9)8-7-10(2)13/h4-6H,7-8H2,1-3H3. The van der Waals surface area contributed by atoms with Crippen molar-refractivity contribution in [2.24, 2.45) is 0 Å². The molecule has 76 valence electrons. The first kappa shape index (κ1) is 10.8. The summed E-state index contributed by atoms with van der Waals surface area (Å²) in [4.78, 5) is 10.9. The first-order chi connectivity index (χ1) is 6.65. The van der Waals surface area contributed by atoms with Crippen LogP contribution in [0.25, 0.3) is 0 Å². The number of methoxy groups -OCH3 is 1. The predicted molar refractivity (Wildman–Crippen MR) is 56.7 cm³/mol. The van der Waals surface area contributed by atoms with E-state index < -0.39 is 0 Å². The Hall–Kier alpha value is -1.31. The third-order valence-corrected chi connectivity index (χ3v) is 2.31. The third kappa shape index (κ3) is 2.59. The van der Waals surface area contributed by atoms with Gasteiger partial charge in [-0.05, 0) is 37.5 Å². The summed E-state index contributed by atoms with van der Waals surface area (Å²) in [5, 5.41) is 0. The maximum absolute atomic E-state index is 10.9. The van der Waals surface area contributed by atoms with E-state index in [1.807, 2.05) is 25.1 Å². The van der Waals surface area contributed by atoms with Gasteiger partial charge < -0.3 is 9.53 Å². The molecule has 1 rings (SSSR count). The molecule has 0 atom stereocenters. The van der Waals surface area contributed by atoms with Crippen LogP contribution in [-0.2, 0) is 11.2 Å². The van der Waals surface area contributed by atoms with Gasteiger partial charge in [-0.2, -0.15) is 0 Å². The summed E-state index contributed by atoms with van der Waals surface area (Å²) in [5.41, 5.74) is 2.33. The van der Waals surface area contributed by atoms with Crippen LogP contribution < -0.4 is 4.74 Å². The number of carbonyl (C=O) groups excluding carboxylic acids is 1. The molecule has 0 N–H and O–H groups in total. The summed E-state index contributed by atoms with van der Waals surface area (Å²) < 4.78 is 5.25. The van der Waals surface area contributed by atoms with Crippen molar-refractivity contribution in [3.63, 3.8) is 0 Å². The lowest BCUT2D eigenvalue weighted by atomic mass is 10.0. The third-order valence-electron chi connectivity index (χ3n) is 2.31. The second-order valence-corrected chi connectivity index (χ2v) is 3.46. The lowest BCUT2D eigenvalue weighted by Crippen LogP contribution is -1.99. The summed E-state index contributed by atoms with van der Waals surface area (Å²) in [5.74, 6) is 1.10. The molecule has 0 bridgehead atoms. The maximum Gasteiger partial charge on any atom is 0.130 e. The molecule has 0 unspecified atom stereocenters. The van der Waals surface area contributed by atoms with Crippen molar-refractivity contribution < 1.29 is 9.53 Å². The van der Waals surface area contributed by atoms with E-state index >= 15 is 0 Å². The second kappa shape index (κ2) is 4.80. The van der Waals surface area contributed by atoms with Gasteiger partial charge in [0.1, 0.15) is 11.5 Å². The number of carbonyl (C=O) groups is 1. The summed E-state index contributed by atoms with van der Waals surface area (Å²) in [6, 6.07) is 5.94. The molecular formula is C12H16O2. The molecule has 1 aromatic carbocycles. The molecule has 0 heterocycles. The van der Waals surface area contributed by atoms with Crippen molar-refractivity contribution in [2.45, 2.75) is 26.7 Å². The van der Waals surface area contributed by atoms with Crippen molar-refractivity contribution in [1.29, 1.82) is 0 Å². The van der Waals surface area contributed by atoms with E-state index in [1.54, 1.807) is 14.0 Å². The molecule has 0 aliphatic heterocycles. The Bertz CT molecular complexity index is 329. The Labute approximate surface area is 84.9 Å². The smallest absolute Gasteiger partial charge is 0.130 e. The second-order valence-electron chi connectivity index (χ2n) is 3.46. The Morgan fingerprint density at radius 2 is 2.14 bits per heavy atom. The molecule has 0 saturated heterocycles. The van der Waals surface area contributed by atoms with Crippen molar-refractivity contribution in [1.82, 2.24) is 0 Å². The predicted octanol–water partition coefficient (Wildman–Crippen LogP) is 2.53. The molecular weight excluding hydrogens is 176 g/mol. The van der Waals surface area contributed by atoms with Gasteiger partial charge >= 0.3 is 0 Å². The quantitative estimate of drug-likeness (QED) is 0.732. The van der Waals surface area contributed by atoms with Crippen LogP contribution in [0.1, 0.15) is 24.5 Å². The maximum atomic E-state index is 10.9. The van der Waals surface area contributed by atoms with E-state index in [0.29, 0.717) is 6.42 Å². The average Bonchev–Trinajstić information content (AvgIpc) is 2.15. The fourth-order valence-electron chi connectivity index (χ4n) is 1.49. The van der Waals surface area contributed by atoms with Crippen LogP contribution in [0.5, 0.6) is 5.75 Å². The highest BCUT2D eigenvalue weighted by Gasteiger charge is 2.06. The minimum Gasteiger partial charge on any atom is -0.496 e. The fraction of sp³-hybridized carbons (Fsp3) is 0.417. The van der Waals surface area contributed by atoms with Gasteiger partial charge in [-0.25, -0.2) is 0 Å². The van der Waals surface area contributed by atoms with E-state index in [2.05, 4.69) is 0 Å². The molecule has 0 spiro atoms. The van der Waals surface area contributed by atoms with Gasteiger partial charge in [-0.1, -0.05) is 12.1 Å². The van der Waals surface area contributed by atoms with Gasteiger partial charge in [0, 0.05) is 6.42 Å². The minimum absolute atomic E-state index is 0.218. The van der Waals surface area contributed by atoms with E-state index in [1.165, 1.54) is 5.56 Å². The largest absolute Gasteiger partial charge is 0.496 e. The van der Waals surface area contributed by atoms with Crippen LogP contribution in [0, 0.1) is 6.92 Å². The fourth-order valence-corrected chi connectivity index (χ4v) is 1.49. The zero-order valence-corrected chi connectivity index (χ0v) is 8.96. The molecule has 2 heteroatoms. The molecule has 0 aliphatic carbocycles. The highest BCUT2D eigenvalue weighted by Crippen LogP contribution is 2.22. The number of benzene rings is 1. The number of rotatable bonds is 4. The Balaban J connectivity index is 2.87. The molecule has 0 fully saturated rings. The number of ketones is 1. The van der Waals surface area contributed by atoms with E-state index in [9.17, 15) is 4.79 Å². The first-order valence-electron chi connectivity index (χ1n) is 4.77. The molecule has 2 nitrogen and oxygen atoms in total. The van der Waals surface area contributed by atoms with Gasteiger partial charge in [0.2, 0.25) is 0 Å². The van der Waals surface area contributed by atoms with Crippen LogP contribution >= 0.6 is 0 Å². The Morgan fingerprint density at radius 1 is 1.43 bits per heavy atom.